The van der Waals surface area contributed by atoms with Gasteiger partial charge in [-0.05, 0) is 104 Å². The quantitative estimate of drug-likeness (QED) is 0.439. The first-order chi connectivity index (χ1) is 14.7. The van der Waals surface area contributed by atoms with Gasteiger partial charge in [-0.1, -0.05) is 53.9 Å². The maximum absolute atomic E-state index is 11.3. The van der Waals surface area contributed by atoms with Crippen LogP contribution in [0.25, 0.3) is 0 Å². The number of rotatable bonds is 6. The molecule has 4 aliphatic rings. The van der Waals surface area contributed by atoms with E-state index in [1.165, 1.54) is 57.8 Å². The fourth-order valence-electron chi connectivity index (χ4n) is 9.44. The minimum Gasteiger partial charge on any atom is -0.217 e. The Balaban J connectivity index is 1.50. The summed E-state index contributed by atoms with van der Waals surface area (Å²) in [5.41, 5.74) is 1.77. The van der Waals surface area contributed by atoms with Crippen LogP contribution >= 0.6 is 0 Å². The van der Waals surface area contributed by atoms with Crippen LogP contribution in [-0.2, 0) is 0 Å². The highest BCUT2D eigenvalue weighted by Crippen LogP contribution is 2.68. The molecule has 6 unspecified atom stereocenters. The summed E-state index contributed by atoms with van der Waals surface area (Å²) < 4.78 is 0. The van der Waals surface area contributed by atoms with Gasteiger partial charge in [0.05, 0.1) is 10.8 Å². The Hall–Kier alpha value is -0.930. The average Bonchev–Trinajstić information content (AvgIpc) is 3.04. The van der Waals surface area contributed by atoms with Crippen LogP contribution in [-0.4, -0.2) is 16.0 Å². The third kappa shape index (κ3) is 4.10. The van der Waals surface area contributed by atoms with Crippen molar-refractivity contribution < 1.29 is 10.2 Å². The summed E-state index contributed by atoms with van der Waals surface area (Å²) in [7, 11) is 0. The fourth-order valence-corrected chi connectivity index (χ4v) is 9.44. The molecule has 0 radical (unpaired) electrons. The molecule has 4 heteroatoms. The Morgan fingerprint density at radius 3 is 2.45 bits per heavy atom. The fraction of sp³-hybridized carbons (Fsp3) is 0.963. The average molecular weight is 432 g/mol. The van der Waals surface area contributed by atoms with Gasteiger partial charge in [0.2, 0.25) is 0 Å². The third-order valence-electron chi connectivity index (χ3n) is 10.8. The normalized spacial score (nSPS) is 44.6. The molecule has 0 amide bonds. The first-order valence-electron chi connectivity index (χ1n) is 13.4. The number of nitrogens with zero attached hydrogens (tertiary/aromatic N) is 2. The van der Waals surface area contributed by atoms with Gasteiger partial charge in [0.15, 0.2) is 0 Å². The third-order valence-corrected chi connectivity index (χ3v) is 10.8. The lowest BCUT2D eigenvalue weighted by Crippen LogP contribution is -2.55. The molecular formula is C27H47N2O2+. The number of hydrazone groups is 1. The number of hydrogen-bond acceptors (Lipinski definition) is 1. The maximum atomic E-state index is 11.3. The van der Waals surface area contributed by atoms with Crippen LogP contribution in [0.5, 0.6) is 0 Å². The highest BCUT2D eigenvalue weighted by Gasteiger charge is 2.61. The van der Waals surface area contributed by atoms with Crippen molar-refractivity contribution in [3.63, 3.8) is 0 Å². The Morgan fingerprint density at radius 2 is 1.74 bits per heavy atom. The van der Waals surface area contributed by atoms with E-state index in [9.17, 15) is 10.1 Å². The summed E-state index contributed by atoms with van der Waals surface area (Å²) in [5, 5.41) is 13.1. The Kier molecular flexibility index (Phi) is 6.58. The van der Waals surface area contributed by atoms with Crippen molar-refractivity contribution in [2.24, 2.45) is 57.4 Å². The van der Waals surface area contributed by atoms with Crippen LogP contribution in [0.1, 0.15) is 112 Å². The van der Waals surface area contributed by atoms with Crippen molar-refractivity contribution in [2.45, 2.75) is 112 Å². The lowest BCUT2D eigenvalue weighted by Gasteiger charge is -2.60. The Bertz CT molecular complexity index is 703. The summed E-state index contributed by atoms with van der Waals surface area (Å²) >= 11 is 0. The molecule has 176 valence electrons. The van der Waals surface area contributed by atoms with E-state index in [1.54, 1.807) is 0 Å². The molecule has 0 aliphatic heterocycles. The van der Waals surface area contributed by atoms with E-state index in [1.807, 2.05) is 0 Å². The topological polar surface area (TPSA) is 52.7 Å². The molecule has 4 rings (SSSR count). The molecule has 1 N–H and O–H groups in total. The van der Waals surface area contributed by atoms with Crippen LogP contribution in [0.4, 0.5) is 0 Å². The summed E-state index contributed by atoms with van der Waals surface area (Å²) in [4.78, 5) is 11.3. The lowest BCUT2D eigenvalue weighted by atomic mass is 9.44. The van der Waals surface area contributed by atoms with Gasteiger partial charge in [0.1, 0.15) is 4.91 Å². The summed E-state index contributed by atoms with van der Waals surface area (Å²) in [6.07, 6.45) is 15.5. The molecule has 4 nitrogen and oxygen atoms in total. The zero-order valence-electron chi connectivity index (χ0n) is 20.8. The molecule has 8 atom stereocenters. The molecule has 0 spiro atoms. The van der Waals surface area contributed by atoms with Gasteiger partial charge >= 0.3 is 5.03 Å². The van der Waals surface area contributed by atoms with Gasteiger partial charge < -0.3 is 0 Å². The van der Waals surface area contributed by atoms with Gasteiger partial charge in [-0.25, -0.2) is 5.21 Å². The minimum absolute atomic E-state index is 0.187. The summed E-state index contributed by atoms with van der Waals surface area (Å²) in [6.45, 7) is 12.4. The minimum atomic E-state index is -0.187. The zero-order valence-corrected chi connectivity index (χ0v) is 20.8. The molecule has 0 aromatic carbocycles. The van der Waals surface area contributed by atoms with Gasteiger partial charge in [0.25, 0.3) is 0 Å². The molecule has 0 heterocycles. The SMILES string of the molecule is CC(C)CCC[C@@H](C)C1CCC2C3CC[C@H]4/C(=N\[N+](=O)O)CCCC4(C)C3CCC21C. The highest BCUT2D eigenvalue weighted by atomic mass is 16.7. The predicted octanol–water partition coefficient (Wildman–Crippen LogP) is 7.63. The second-order valence-electron chi connectivity index (χ2n) is 12.7. The van der Waals surface area contributed by atoms with E-state index in [2.05, 4.69) is 39.7 Å². The van der Waals surface area contributed by atoms with E-state index < -0.39 is 0 Å². The smallest absolute Gasteiger partial charge is 0.217 e. The van der Waals surface area contributed by atoms with Crippen molar-refractivity contribution in [1.29, 1.82) is 0 Å². The number of fused-ring (bicyclic) bond motifs is 5. The highest BCUT2D eigenvalue weighted by molar-refractivity contribution is 5.87. The Labute approximate surface area is 190 Å². The van der Waals surface area contributed by atoms with Crippen LogP contribution in [0, 0.1) is 57.2 Å². The first-order valence-corrected chi connectivity index (χ1v) is 13.4. The zero-order chi connectivity index (χ0) is 22.4. The first kappa shape index (κ1) is 23.2. The van der Waals surface area contributed by atoms with Crippen molar-refractivity contribution >= 4 is 5.71 Å². The molecular weight excluding hydrogens is 384 g/mol. The molecule has 31 heavy (non-hydrogen) atoms. The van der Waals surface area contributed by atoms with E-state index in [-0.39, 0.29) is 10.4 Å². The van der Waals surface area contributed by atoms with Crippen molar-refractivity contribution in [3.05, 3.63) is 4.91 Å². The summed E-state index contributed by atoms with van der Waals surface area (Å²) in [6, 6.07) is 0. The van der Waals surface area contributed by atoms with Crippen LogP contribution in [0.3, 0.4) is 0 Å². The molecule has 0 aromatic rings. The molecule has 4 saturated carbocycles. The molecule has 0 bridgehead atoms. The van der Waals surface area contributed by atoms with Gasteiger partial charge in [-0.15, -0.1) is 0 Å². The second kappa shape index (κ2) is 8.78. The van der Waals surface area contributed by atoms with Crippen molar-refractivity contribution in [1.82, 2.24) is 0 Å². The van der Waals surface area contributed by atoms with Crippen LogP contribution in [0.2, 0.25) is 0 Å². The molecule has 4 fully saturated rings. The lowest BCUT2D eigenvalue weighted by molar-refractivity contribution is -0.796. The monoisotopic (exact) mass is 431 g/mol. The van der Waals surface area contributed by atoms with E-state index in [0.29, 0.717) is 11.3 Å². The van der Waals surface area contributed by atoms with Crippen molar-refractivity contribution in [3.8, 4) is 0 Å². The molecule has 0 saturated heterocycles. The Morgan fingerprint density at radius 1 is 1.00 bits per heavy atom. The largest absolute Gasteiger partial charge is 0.387 e. The summed E-state index contributed by atoms with van der Waals surface area (Å²) in [5.74, 6) is 5.49. The standard InChI is InChI=1S/C27H47N2O2/c1-18(2)8-6-9-19(3)21-13-14-22-20-11-12-24-25(28-29(30)31)10-7-16-26(24,4)23(20)15-17-27(21,22)5/h18-24H,6-17H2,1-5H3,(H,30,31)/q+1/b28-25-/t19-,20?,21?,22?,23?,24+,26?,27?/m1/s1. The van der Waals surface area contributed by atoms with E-state index >= 15 is 0 Å². The van der Waals surface area contributed by atoms with E-state index in [4.69, 9.17) is 0 Å². The molecule has 4 aliphatic carbocycles. The molecule has 0 aromatic heterocycles. The van der Waals surface area contributed by atoms with Gasteiger partial charge in [-0.3, -0.25) is 0 Å². The van der Waals surface area contributed by atoms with E-state index in [0.717, 1.165) is 60.5 Å². The van der Waals surface area contributed by atoms with Gasteiger partial charge in [0, 0.05) is 5.92 Å². The maximum Gasteiger partial charge on any atom is 0.387 e. The van der Waals surface area contributed by atoms with Crippen LogP contribution in [0.15, 0.2) is 5.10 Å². The number of hydrogen-bond donors (Lipinski definition) is 1. The van der Waals surface area contributed by atoms with Crippen LogP contribution < -0.4 is 0 Å². The predicted molar refractivity (Wildman–Crippen MR) is 126 cm³/mol. The van der Waals surface area contributed by atoms with Gasteiger partial charge in [-0.2, -0.15) is 0 Å². The van der Waals surface area contributed by atoms with Crippen molar-refractivity contribution in [2.75, 3.05) is 0 Å². The second-order valence-corrected chi connectivity index (χ2v) is 12.7.